The van der Waals surface area contributed by atoms with E-state index in [0.717, 1.165) is 5.39 Å². The lowest BCUT2D eigenvalue weighted by molar-refractivity contribution is 0.724. The van der Waals surface area contributed by atoms with Crippen LogP contribution >= 0.6 is 11.6 Å². The number of fused-ring (bicyclic) bond motifs is 1. The van der Waals surface area contributed by atoms with E-state index in [1.165, 1.54) is 4.57 Å². The van der Waals surface area contributed by atoms with Crippen LogP contribution in [0.1, 0.15) is 18.7 Å². The fourth-order valence-corrected chi connectivity index (χ4v) is 2.56. The van der Waals surface area contributed by atoms with Crippen molar-refractivity contribution in [1.82, 2.24) is 14.8 Å². The van der Waals surface area contributed by atoms with Gasteiger partial charge in [0.1, 0.15) is 5.82 Å². The maximum atomic E-state index is 12.7. The molecule has 0 aliphatic rings. The third-order valence-corrected chi connectivity index (χ3v) is 3.53. The molecular formula is C14H13ClN4O. The van der Waals surface area contributed by atoms with Crippen LogP contribution in [0.2, 0.25) is 5.02 Å². The van der Waals surface area contributed by atoms with Gasteiger partial charge in [-0.05, 0) is 24.4 Å². The van der Waals surface area contributed by atoms with E-state index < -0.39 is 0 Å². The highest BCUT2D eigenvalue weighted by atomic mass is 35.5. The van der Waals surface area contributed by atoms with Crippen molar-refractivity contribution in [2.75, 3.05) is 0 Å². The van der Waals surface area contributed by atoms with Gasteiger partial charge in [0.15, 0.2) is 0 Å². The van der Waals surface area contributed by atoms with Crippen molar-refractivity contribution < 1.29 is 0 Å². The smallest absolute Gasteiger partial charge is 0.265 e. The molecule has 3 aromatic rings. The monoisotopic (exact) mass is 288 g/mol. The molecule has 1 atom stereocenters. The number of hydrogen-bond acceptors (Lipinski definition) is 3. The lowest BCUT2D eigenvalue weighted by atomic mass is 10.1. The molecule has 20 heavy (non-hydrogen) atoms. The van der Waals surface area contributed by atoms with E-state index in [0.29, 0.717) is 21.9 Å². The second-order valence-electron chi connectivity index (χ2n) is 4.64. The molecule has 0 aliphatic heterocycles. The predicted molar refractivity (Wildman–Crippen MR) is 79.3 cm³/mol. The quantitative estimate of drug-likeness (QED) is 0.760. The number of rotatable bonds is 2. The van der Waals surface area contributed by atoms with Crippen molar-refractivity contribution in [2.45, 2.75) is 13.0 Å². The Labute approximate surface area is 120 Å². The van der Waals surface area contributed by atoms with Crippen LogP contribution < -0.4 is 11.3 Å². The Hall–Kier alpha value is -2.11. The standard InChI is InChI=1S/C14H13ClN4O/c1-8(16)11-7-9-3-2-4-10(15)13(9)14(20)19(11)12-5-6-17-18-12/h2-8H,16H2,1H3,(H,17,18). The lowest BCUT2D eigenvalue weighted by Crippen LogP contribution is -2.26. The zero-order valence-electron chi connectivity index (χ0n) is 10.8. The Bertz CT molecular complexity index is 821. The number of aromatic amines is 1. The zero-order valence-corrected chi connectivity index (χ0v) is 11.6. The van der Waals surface area contributed by atoms with E-state index in [1.54, 1.807) is 18.3 Å². The number of nitrogens with zero attached hydrogens (tertiary/aromatic N) is 2. The van der Waals surface area contributed by atoms with Crippen molar-refractivity contribution in [3.05, 3.63) is 57.6 Å². The van der Waals surface area contributed by atoms with Gasteiger partial charge in [0, 0.05) is 17.8 Å². The fraction of sp³-hybridized carbons (Fsp3) is 0.143. The predicted octanol–water partition coefficient (Wildman–Crippen LogP) is 2.39. The van der Waals surface area contributed by atoms with Gasteiger partial charge < -0.3 is 5.73 Å². The molecule has 102 valence electrons. The molecule has 0 aliphatic carbocycles. The van der Waals surface area contributed by atoms with Gasteiger partial charge in [-0.25, -0.2) is 0 Å². The molecule has 1 aromatic carbocycles. The first-order valence-electron chi connectivity index (χ1n) is 6.19. The van der Waals surface area contributed by atoms with Crippen LogP contribution in [0.15, 0.2) is 41.3 Å². The first-order valence-corrected chi connectivity index (χ1v) is 6.57. The molecule has 0 spiro atoms. The van der Waals surface area contributed by atoms with Gasteiger partial charge in [-0.3, -0.25) is 14.5 Å². The Morgan fingerprint density at radius 1 is 1.40 bits per heavy atom. The molecule has 3 N–H and O–H groups in total. The van der Waals surface area contributed by atoms with E-state index in [9.17, 15) is 4.79 Å². The van der Waals surface area contributed by atoms with Crippen LogP contribution in [-0.4, -0.2) is 14.8 Å². The van der Waals surface area contributed by atoms with Gasteiger partial charge in [-0.15, -0.1) is 0 Å². The van der Waals surface area contributed by atoms with Gasteiger partial charge in [-0.2, -0.15) is 5.10 Å². The minimum Gasteiger partial charge on any atom is -0.323 e. The SMILES string of the molecule is CC(N)c1cc2cccc(Cl)c2c(=O)n1-c1ccn[nH]1. The van der Waals surface area contributed by atoms with Crippen molar-refractivity contribution in [1.29, 1.82) is 0 Å². The van der Waals surface area contributed by atoms with E-state index >= 15 is 0 Å². The van der Waals surface area contributed by atoms with Crippen molar-refractivity contribution >= 4 is 22.4 Å². The fourth-order valence-electron chi connectivity index (χ4n) is 2.30. The molecule has 0 saturated heterocycles. The number of hydrogen-bond donors (Lipinski definition) is 2. The van der Waals surface area contributed by atoms with Gasteiger partial charge >= 0.3 is 0 Å². The molecule has 5 nitrogen and oxygen atoms in total. The largest absolute Gasteiger partial charge is 0.323 e. The second kappa shape index (κ2) is 4.77. The van der Waals surface area contributed by atoms with E-state index in [4.69, 9.17) is 17.3 Å². The molecule has 1 unspecified atom stereocenters. The molecule has 0 amide bonds. The molecule has 0 radical (unpaired) electrons. The van der Waals surface area contributed by atoms with Gasteiger partial charge in [0.05, 0.1) is 16.6 Å². The summed E-state index contributed by atoms with van der Waals surface area (Å²) in [6.07, 6.45) is 1.59. The van der Waals surface area contributed by atoms with Crippen LogP contribution in [-0.2, 0) is 0 Å². The first kappa shape index (κ1) is 12.9. The number of benzene rings is 1. The van der Waals surface area contributed by atoms with Crippen LogP contribution in [0.3, 0.4) is 0 Å². The number of nitrogens with one attached hydrogen (secondary N) is 1. The molecular weight excluding hydrogens is 276 g/mol. The van der Waals surface area contributed by atoms with E-state index in [2.05, 4.69) is 10.2 Å². The normalized spacial score (nSPS) is 12.8. The van der Waals surface area contributed by atoms with Crippen LogP contribution in [0.5, 0.6) is 0 Å². The third-order valence-electron chi connectivity index (χ3n) is 3.22. The number of nitrogens with two attached hydrogens (primary N) is 1. The molecule has 2 aromatic heterocycles. The number of H-pyrrole nitrogens is 1. The molecule has 0 bridgehead atoms. The maximum Gasteiger partial charge on any atom is 0.265 e. The van der Waals surface area contributed by atoms with Crippen LogP contribution in [0, 0.1) is 0 Å². The summed E-state index contributed by atoms with van der Waals surface area (Å²) in [5.74, 6) is 0.573. The summed E-state index contributed by atoms with van der Waals surface area (Å²) in [6, 6.07) is 8.67. The number of aromatic nitrogens is 3. The average molecular weight is 289 g/mol. The minimum absolute atomic E-state index is 0.204. The maximum absolute atomic E-state index is 12.7. The molecule has 2 heterocycles. The van der Waals surface area contributed by atoms with Crippen LogP contribution in [0.4, 0.5) is 0 Å². The lowest BCUT2D eigenvalue weighted by Gasteiger charge is -2.15. The summed E-state index contributed by atoms with van der Waals surface area (Å²) in [7, 11) is 0. The summed E-state index contributed by atoms with van der Waals surface area (Å²) < 4.78 is 1.52. The van der Waals surface area contributed by atoms with Gasteiger partial charge in [0.25, 0.3) is 5.56 Å². The molecule has 0 fully saturated rings. The Kier molecular flexibility index (Phi) is 3.08. The van der Waals surface area contributed by atoms with E-state index in [1.807, 2.05) is 25.1 Å². The average Bonchev–Trinajstić information content (AvgIpc) is 2.91. The summed E-state index contributed by atoms with van der Waals surface area (Å²) in [5.41, 5.74) is 6.49. The van der Waals surface area contributed by atoms with Crippen molar-refractivity contribution in [3.8, 4) is 5.82 Å². The highest BCUT2D eigenvalue weighted by Crippen LogP contribution is 2.24. The van der Waals surface area contributed by atoms with Gasteiger partial charge in [-0.1, -0.05) is 23.7 Å². The highest BCUT2D eigenvalue weighted by molar-refractivity contribution is 6.35. The number of pyridine rings is 1. The first-order chi connectivity index (χ1) is 9.59. The second-order valence-corrected chi connectivity index (χ2v) is 5.05. The summed E-state index contributed by atoms with van der Waals surface area (Å²) in [5, 5.41) is 8.36. The van der Waals surface area contributed by atoms with Crippen molar-refractivity contribution in [2.24, 2.45) is 5.73 Å². The summed E-state index contributed by atoms with van der Waals surface area (Å²) in [6.45, 7) is 1.83. The summed E-state index contributed by atoms with van der Waals surface area (Å²) >= 11 is 6.16. The Morgan fingerprint density at radius 2 is 2.20 bits per heavy atom. The molecule has 3 rings (SSSR count). The van der Waals surface area contributed by atoms with E-state index in [-0.39, 0.29) is 11.6 Å². The van der Waals surface area contributed by atoms with Gasteiger partial charge in [0.2, 0.25) is 0 Å². The highest BCUT2D eigenvalue weighted by Gasteiger charge is 2.16. The van der Waals surface area contributed by atoms with Crippen LogP contribution in [0.25, 0.3) is 16.6 Å². The summed E-state index contributed by atoms with van der Waals surface area (Å²) in [4.78, 5) is 12.7. The third kappa shape index (κ3) is 1.92. The topological polar surface area (TPSA) is 76.7 Å². The molecule has 0 saturated carbocycles. The van der Waals surface area contributed by atoms with Crippen molar-refractivity contribution in [3.63, 3.8) is 0 Å². The Balaban J connectivity index is 2.48. The minimum atomic E-state index is -0.297. The zero-order chi connectivity index (χ0) is 14.3. The molecule has 6 heteroatoms. The Morgan fingerprint density at radius 3 is 2.85 bits per heavy atom. The number of halogens is 1.